The number of hydrogen-bond acceptors (Lipinski definition) is 5. The summed E-state index contributed by atoms with van der Waals surface area (Å²) in [5.74, 6) is 0.616. The summed E-state index contributed by atoms with van der Waals surface area (Å²) >= 11 is 6.81. The van der Waals surface area contributed by atoms with Gasteiger partial charge in [0.15, 0.2) is 5.76 Å². The average Bonchev–Trinajstić information content (AvgIpc) is 3.49. The second-order valence-corrected chi connectivity index (χ2v) is 9.22. The predicted molar refractivity (Wildman–Crippen MR) is 134 cm³/mol. The van der Waals surface area contributed by atoms with Crippen LogP contribution >= 0.6 is 24.0 Å². The van der Waals surface area contributed by atoms with Crippen LogP contribution in [0.4, 0.5) is 0 Å². The fourth-order valence-corrected chi connectivity index (χ4v) is 4.95. The minimum atomic E-state index is -0.0449. The molecule has 0 atom stereocenters. The second-order valence-electron chi connectivity index (χ2n) is 7.55. The van der Waals surface area contributed by atoms with Crippen LogP contribution in [-0.2, 0) is 4.79 Å². The fourth-order valence-electron chi connectivity index (χ4n) is 3.65. The number of nitrogens with zero attached hydrogens (tertiary/aromatic N) is 3. The van der Waals surface area contributed by atoms with Gasteiger partial charge in [-0.1, -0.05) is 73.7 Å². The minimum Gasteiger partial charge on any atom is -0.454 e. The third-order valence-corrected chi connectivity index (χ3v) is 6.70. The SMILES string of the molecule is CCCCN1C(=O)/C(=C/c2cn(-c3ccccc3)nc2-c2cc3ccccc3o2)SC1=S. The van der Waals surface area contributed by atoms with Crippen LogP contribution in [0.5, 0.6) is 0 Å². The summed E-state index contributed by atoms with van der Waals surface area (Å²) in [4.78, 5) is 15.3. The molecule has 1 saturated heterocycles. The first-order valence-electron chi connectivity index (χ1n) is 10.5. The molecule has 0 unspecified atom stereocenters. The molecule has 0 saturated carbocycles. The van der Waals surface area contributed by atoms with Crippen LogP contribution in [0.1, 0.15) is 25.3 Å². The number of amides is 1. The van der Waals surface area contributed by atoms with E-state index in [0.29, 0.717) is 27.2 Å². The molecule has 0 radical (unpaired) electrons. The molecule has 0 bridgehead atoms. The third kappa shape index (κ3) is 3.89. The molecule has 1 amide bonds. The minimum absolute atomic E-state index is 0.0449. The van der Waals surface area contributed by atoms with Crippen molar-refractivity contribution in [3.05, 3.63) is 77.3 Å². The van der Waals surface area contributed by atoms with Gasteiger partial charge in [0.2, 0.25) is 0 Å². The maximum absolute atomic E-state index is 13.0. The van der Waals surface area contributed by atoms with Crippen molar-refractivity contribution in [3.63, 3.8) is 0 Å². The fraction of sp³-hybridized carbons (Fsp3) is 0.160. The molecule has 1 fully saturated rings. The van der Waals surface area contributed by atoms with Gasteiger partial charge in [-0.15, -0.1) is 0 Å². The molecular weight excluding hydrogens is 438 g/mol. The highest BCUT2D eigenvalue weighted by Crippen LogP contribution is 2.36. The molecule has 7 heteroatoms. The van der Waals surface area contributed by atoms with Crippen molar-refractivity contribution >= 4 is 51.3 Å². The van der Waals surface area contributed by atoms with E-state index in [-0.39, 0.29) is 5.91 Å². The summed E-state index contributed by atoms with van der Waals surface area (Å²) in [6, 6.07) is 19.7. The van der Waals surface area contributed by atoms with Crippen molar-refractivity contribution in [3.8, 4) is 17.1 Å². The number of unbranched alkanes of at least 4 members (excludes halogenated alkanes) is 1. The van der Waals surface area contributed by atoms with E-state index in [9.17, 15) is 4.79 Å². The summed E-state index contributed by atoms with van der Waals surface area (Å²) in [6.45, 7) is 2.75. The van der Waals surface area contributed by atoms with Crippen molar-refractivity contribution in [2.45, 2.75) is 19.8 Å². The molecule has 2 aromatic heterocycles. The van der Waals surface area contributed by atoms with Crippen molar-refractivity contribution in [2.24, 2.45) is 0 Å². The van der Waals surface area contributed by atoms with Gasteiger partial charge in [-0.05, 0) is 36.8 Å². The first-order chi connectivity index (χ1) is 15.6. The first-order valence-corrected chi connectivity index (χ1v) is 11.8. The van der Waals surface area contributed by atoms with Crippen molar-refractivity contribution < 1.29 is 9.21 Å². The van der Waals surface area contributed by atoms with Gasteiger partial charge in [0.25, 0.3) is 5.91 Å². The van der Waals surface area contributed by atoms with Gasteiger partial charge < -0.3 is 4.42 Å². The number of para-hydroxylation sites is 2. The Kier molecular flexibility index (Phi) is 5.68. The van der Waals surface area contributed by atoms with Crippen molar-refractivity contribution in [1.82, 2.24) is 14.7 Å². The summed E-state index contributed by atoms with van der Waals surface area (Å²) < 4.78 is 8.52. The van der Waals surface area contributed by atoms with Crippen molar-refractivity contribution in [2.75, 3.05) is 6.54 Å². The highest BCUT2D eigenvalue weighted by molar-refractivity contribution is 8.26. The number of furan rings is 1. The van der Waals surface area contributed by atoms with Crippen LogP contribution in [0.3, 0.4) is 0 Å². The number of carbonyl (C=O) groups excluding carboxylic acids is 1. The Balaban J connectivity index is 1.59. The maximum atomic E-state index is 13.0. The molecule has 2 aromatic carbocycles. The Labute approximate surface area is 195 Å². The van der Waals surface area contributed by atoms with Crippen LogP contribution in [0.2, 0.25) is 0 Å². The smallest absolute Gasteiger partial charge is 0.266 e. The molecule has 32 heavy (non-hydrogen) atoms. The van der Waals surface area contributed by atoms with E-state index >= 15 is 0 Å². The number of benzene rings is 2. The van der Waals surface area contributed by atoms with Crippen LogP contribution in [0, 0.1) is 0 Å². The topological polar surface area (TPSA) is 51.3 Å². The molecule has 0 aliphatic carbocycles. The molecule has 0 N–H and O–H groups in total. The van der Waals surface area contributed by atoms with E-state index < -0.39 is 0 Å². The zero-order valence-electron chi connectivity index (χ0n) is 17.5. The average molecular weight is 460 g/mol. The standard InChI is InChI=1S/C25H21N3O2S2/c1-2-3-13-27-24(29)22(32-25(27)31)15-18-16-28(19-10-5-4-6-11-19)26-23(18)21-14-17-9-7-8-12-20(17)30-21/h4-12,14-16H,2-3,13H2,1H3/b22-15-. The molecule has 160 valence electrons. The van der Waals surface area contributed by atoms with E-state index in [1.54, 1.807) is 4.90 Å². The number of thiocarbonyl (C=S) groups is 1. The molecule has 5 rings (SSSR count). The number of thioether (sulfide) groups is 1. The second kappa shape index (κ2) is 8.76. The molecule has 1 aliphatic heterocycles. The Hall–Kier alpha value is -3.16. The van der Waals surface area contributed by atoms with E-state index in [2.05, 4.69) is 6.92 Å². The summed E-state index contributed by atoms with van der Waals surface area (Å²) in [5, 5.41) is 5.82. The highest BCUT2D eigenvalue weighted by Gasteiger charge is 2.32. The van der Waals surface area contributed by atoms with Crippen molar-refractivity contribution in [1.29, 1.82) is 0 Å². The number of carbonyl (C=O) groups is 1. The lowest BCUT2D eigenvalue weighted by atomic mass is 10.1. The van der Waals surface area contributed by atoms with Crippen LogP contribution < -0.4 is 0 Å². The van der Waals surface area contributed by atoms with Gasteiger partial charge in [0.05, 0.1) is 10.6 Å². The van der Waals surface area contributed by atoms with Gasteiger partial charge in [0.1, 0.15) is 15.6 Å². The first kappa shape index (κ1) is 20.7. The van der Waals surface area contributed by atoms with E-state index in [4.69, 9.17) is 21.7 Å². The zero-order chi connectivity index (χ0) is 22.1. The Morgan fingerprint density at radius 2 is 1.91 bits per heavy atom. The molecule has 0 spiro atoms. The number of aromatic nitrogens is 2. The number of rotatable bonds is 6. The van der Waals surface area contributed by atoms with Crippen LogP contribution in [0.25, 0.3) is 34.2 Å². The molecule has 1 aliphatic rings. The third-order valence-electron chi connectivity index (χ3n) is 5.32. The predicted octanol–water partition coefficient (Wildman–Crippen LogP) is 6.29. The van der Waals surface area contributed by atoms with Gasteiger partial charge in [0, 0.05) is 23.7 Å². The maximum Gasteiger partial charge on any atom is 0.266 e. The van der Waals surface area contributed by atoms with E-state index in [1.807, 2.05) is 77.6 Å². The lowest BCUT2D eigenvalue weighted by Crippen LogP contribution is -2.28. The van der Waals surface area contributed by atoms with E-state index in [0.717, 1.165) is 35.1 Å². The summed E-state index contributed by atoms with van der Waals surface area (Å²) in [5.41, 5.74) is 3.22. The largest absolute Gasteiger partial charge is 0.454 e. The lowest BCUT2D eigenvalue weighted by molar-refractivity contribution is -0.122. The lowest BCUT2D eigenvalue weighted by Gasteiger charge is -2.12. The highest BCUT2D eigenvalue weighted by atomic mass is 32.2. The molecule has 4 aromatic rings. The number of hydrogen-bond donors (Lipinski definition) is 0. The zero-order valence-corrected chi connectivity index (χ0v) is 19.2. The summed E-state index contributed by atoms with van der Waals surface area (Å²) in [6.07, 6.45) is 5.74. The van der Waals surface area contributed by atoms with Gasteiger partial charge in [-0.3, -0.25) is 9.69 Å². The molecule has 5 nitrogen and oxygen atoms in total. The number of fused-ring (bicyclic) bond motifs is 1. The quantitative estimate of drug-likeness (QED) is 0.251. The Morgan fingerprint density at radius 3 is 2.69 bits per heavy atom. The van der Waals surface area contributed by atoms with Crippen LogP contribution in [0.15, 0.2) is 76.2 Å². The normalized spacial score (nSPS) is 15.4. The van der Waals surface area contributed by atoms with E-state index in [1.165, 1.54) is 11.8 Å². The molecular formula is C25H21N3O2S2. The molecule has 3 heterocycles. The van der Waals surface area contributed by atoms with Gasteiger partial charge in [-0.2, -0.15) is 5.10 Å². The monoisotopic (exact) mass is 459 g/mol. The van der Waals surface area contributed by atoms with Crippen LogP contribution in [-0.4, -0.2) is 31.5 Å². The van der Waals surface area contributed by atoms with Gasteiger partial charge >= 0.3 is 0 Å². The summed E-state index contributed by atoms with van der Waals surface area (Å²) in [7, 11) is 0. The Bertz CT molecular complexity index is 1300. The Morgan fingerprint density at radius 1 is 1.12 bits per heavy atom. The van der Waals surface area contributed by atoms with Gasteiger partial charge in [-0.25, -0.2) is 4.68 Å².